The highest BCUT2D eigenvalue weighted by Gasteiger charge is 2.14. The molecule has 1 N–H and O–H groups in total. The quantitative estimate of drug-likeness (QED) is 0.757. The van der Waals surface area contributed by atoms with Crippen molar-refractivity contribution in [3.05, 3.63) is 29.8 Å². The third kappa shape index (κ3) is 4.04. The number of nitrogens with zero attached hydrogens (tertiary/aromatic N) is 2. The van der Waals surface area contributed by atoms with Crippen LogP contribution < -0.4 is 5.32 Å². The summed E-state index contributed by atoms with van der Waals surface area (Å²) in [5.41, 5.74) is -0.0859. The summed E-state index contributed by atoms with van der Waals surface area (Å²) in [5.74, 6) is -1.59. The largest absolute Gasteiger partial charge is 0.350 e. The zero-order valence-electron chi connectivity index (χ0n) is 10.1. The SMILES string of the molecule is CN(C)S(=O)(=O)CCNC(=O)c1cccc(F)n1. The van der Waals surface area contributed by atoms with Crippen molar-refractivity contribution in [2.24, 2.45) is 0 Å². The number of amides is 1. The van der Waals surface area contributed by atoms with Gasteiger partial charge in [0.25, 0.3) is 5.91 Å². The Bertz CT molecular complexity index is 531. The van der Waals surface area contributed by atoms with Gasteiger partial charge in [-0.1, -0.05) is 6.07 Å². The number of pyridine rings is 1. The standard InChI is InChI=1S/C10H14FN3O3S/c1-14(2)18(16,17)7-6-12-10(15)8-4-3-5-9(11)13-8/h3-5H,6-7H2,1-2H3,(H,12,15). The molecule has 1 rings (SSSR count). The van der Waals surface area contributed by atoms with Gasteiger partial charge in [0.05, 0.1) is 5.75 Å². The van der Waals surface area contributed by atoms with Gasteiger partial charge in [-0.05, 0) is 12.1 Å². The molecule has 1 heterocycles. The fourth-order valence-electron chi connectivity index (χ4n) is 1.10. The first-order chi connectivity index (χ1) is 8.33. The zero-order valence-corrected chi connectivity index (χ0v) is 10.9. The van der Waals surface area contributed by atoms with E-state index in [1.54, 1.807) is 0 Å². The predicted molar refractivity (Wildman–Crippen MR) is 64.0 cm³/mol. The van der Waals surface area contributed by atoms with Gasteiger partial charge in [0, 0.05) is 20.6 Å². The van der Waals surface area contributed by atoms with Crippen molar-refractivity contribution in [1.82, 2.24) is 14.6 Å². The number of hydrogen-bond donors (Lipinski definition) is 1. The van der Waals surface area contributed by atoms with Crippen molar-refractivity contribution < 1.29 is 17.6 Å². The number of nitrogens with one attached hydrogen (secondary N) is 1. The maximum atomic E-state index is 12.8. The summed E-state index contributed by atoms with van der Waals surface area (Å²) in [5, 5.41) is 2.36. The van der Waals surface area contributed by atoms with Gasteiger partial charge in [0.2, 0.25) is 16.0 Å². The molecule has 8 heteroatoms. The summed E-state index contributed by atoms with van der Waals surface area (Å²) in [6, 6.07) is 3.82. The van der Waals surface area contributed by atoms with Gasteiger partial charge in [-0.2, -0.15) is 4.39 Å². The minimum Gasteiger partial charge on any atom is -0.350 e. The Morgan fingerprint density at radius 2 is 2.11 bits per heavy atom. The predicted octanol–water partition coefficient (Wildman–Crippen LogP) is -0.158. The normalized spacial score (nSPS) is 11.6. The van der Waals surface area contributed by atoms with Crippen LogP contribution in [0.2, 0.25) is 0 Å². The van der Waals surface area contributed by atoms with E-state index in [0.29, 0.717) is 0 Å². The lowest BCUT2D eigenvalue weighted by molar-refractivity contribution is 0.0950. The van der Waals surface area contributed by atoms with Crippen LogP contribution in [0, 0.1) is 5.95 Å². The molecule has 0 atom stereocenters. The number of halogens is 1. The minimum atomic E-state index is -3.36. The molecule has 0 aliphatic heterocycles. The van der Waals surface area contributed by atoms with Crippen molar-refractivity contribution in [1.29, 1.82) is 0 Å². The highest BCUT2D eigenvalue weighted by molar-refractivity contribution is 7.89. The van der Waals surface area contributed by atoms with Crippen LogP contribution in [0.15, 0.2) is 18.2 Å². The second-order valence-electron chi connectivity index (χ2n) is 3.70. The second-order valence-corrected chi connectivity index (χ2v) is 6.00. The van der Waals surface area contributed by atoms with Crippen LogP contribution in [0.1, 0.15) is 10.5 Å². The van der Waals surface area contributed by atoms with Crippen LogP contribution in [0.3, 0.4) is 0 Å². The van der Waals surface area contributed by atoms with E-state index in [9.17, 15) is 17.6 Å². The molecule has 0 unspecified atom stereocenters. The average Bonchev–Trinajstić information content (AvgIpc) is 2.28. The molecule has 18 heavy (non-hydrogen) atoms. The smallest absolute Gasteiger partial charge is 0.270 e. The van der Waals surface area contributed by atoms with Gasteiger partial charge in [0.1, 0.15) is 5.69 Å². The molecule has 1 amide bonds. The third-order valence-corrected chi connectivity index (χ3v) is 3.98. The average molecular weight is 275 g/mol. The Kier molecular flexibility index (Phi) is 4.74. The Labute approximate surface area is 105 Å². The molecule has 0 saturated carbocycles. The monoisotopic (exact) mass is 275 g/mol. The fraction of sp³-hybridized carbons (Fsp3) is 0.400. The molecule has 0 radical (unpaired) electrons. The number of rotatable bonds is 5. The van der Waals surface area contributed by atoms with E-state index in [-0.39, 0.29) is 18.0 Å². The Balaban J connectivity index is 2.53. The van der Waals surface area contributed by atoms with Crippen molar-refractivity contribution in [2.75, 3.05) is 26.4 Å². The summed E-state index contributed by atoms with van der Waals surface area (Å²) in [6.07, 6.45) is 0. The highest BCUT2D eigenvalue weighted by atomic mass is 32.2. The van der Waals surface area contributed by atoms with Gasteiger partial charge >= 0.3 is 0 Å². The molecule has 100 valence electrons. The van der Waals surface area contributed by atoms with Gasteiger partial charge in [-0.3, -0.25) is 4.79 Å². The summed E-state index contributed by atoms with van der Waals surface area (Å²) < 4.78 is 36.6. The Hall–Kier alpha value is -1.54. The maximum Gasteiger partial charge on any atom is 0.270 e. The molecule has 0 aromatic carbocycles. The van der Waals surface area contributed by atoms with E-state index < -0.39 is 21.9 Å². The van der Waals surface area contributed by atoms with E-state index in [2.05, 4.69) is 10.3 Å². The molecule has 0 saturated heterocycles. The van der Waals surface area contributed by atoms with E-state index in [1.165, 1.54) is 26.2 Å². The molecular weight excluding hydrogens is 261 g/mol. The first kappa shape index (κ1) is 14.5. The molecular formula is C10H14FN3O3S. The van der Waals surface area contributed by atoms with Crippen LogP contribution in [0.5, 0.6) is 0 Å². The molecule has 0 spiro atoms. The van der Waals surface area contributed by atoms with Crippen molar-refractivity contribution in [3.63, 3.8) is 0 Å². The molecule has 6 nitrogen and oxygen atoms in total. The lowest BCUT2D eigenvalue weighted by Crippen LogP contribution is -2.34. The number of hydrogen-bond acceptors (Lipinski definition) is 4. The highest BCUT2D eigenvalue weighted by Crippen LogP contribution is 1.98. The van der Waals surface area contributed by atoms with E-state index in [1.807, 2.05) is 0 Å². The van der Waals surface area contributed by atoms with Crippen LogP contribution in [-0.2, 0) is 10.0 Å². The lowest BCUT2D eigenvalue weighted by Gasteiger charge is -2.11. The zero-order chi connectivity index (χ0) is 13.8. The van der Waals surface area contributed by atoms with Gasteiger partial charge in [-0.15, -0.1) is 0 Å². The number of carbonyl (C=O) groups excluding carboxylic acids is 1. The van der Waals surface area contributed by atoms with Gasteiger partial charge in [0.15, 0.2) is 0 Å². The first-order valence-electron chi connectivity index (χ1n) is 5.14. The van der Waals surface area contributed by atoms with Gasteiger partial charge < -0.3 is 5.32 Å². The lowest BCUT2D eigenvalue weighted by atomic mass is 10.3. The van der Waals surface area contributed by atoms with E-state index >= 15 is 0 Å². The topological polar surface area (TPSA) is 79.4 Å². The summed E-state index contributed by atoms with van der Waals surface area (Å²) >= 11 is 0. The molecule has 1 aromatic rings. The van der Waals surface area contributed by atoms with Crippen LogP contribution in [-0.4, -0.2) is 50.0 Å². The summed E-state index contributed by atoms with van der Waals surface area (Å²) in [6.45, 7) is -0.0580. The van der Waals surface area contributed by atoms with Gasteiger partial charge in [-0.25, -0.2) is 17.7 Å². The summed E-state index contributed by atoms with van der Waals surface area (Å²) in [7, 11) is -0.544. The fourth-order valence-corrected chi connectivity index (χ4v) is 1.83. The molecule has 1 aromatic heterocycles. The van der Waals surface area contributed by atoms with Crippen LogP contribution in [0.4, 0.5) is 4.39 Å². The first-order valence-corrected chi connectivity index (χ1v) is 6.75. The molecule has 0 fully saturated rings. The van der Waals surface area contributed by atoms with E-state index in [4.69, 9.17) is 0 Å². The summed E-state index contributed by atoms with van der Waals surface area (Å²) in [4.78, 5) is 14.9. The van der Waals surface area contributed by atoms with Crippen LogP contribution in [0.25, 0.3) is 0 Å². The Morgan fingerprint density at radius 1 is 1.44 bits per heavy atom. The van der Waals surface area contributed by atoms with Crippen molar-refractivity contribution in [2.45, 2.75) is 0 Å². The number of carbonyl (C=O) groups is 1. The van der Waals surface area contributed by atoms with Crippen LogP contribution >= 0.6 is 0 Å². The molecule has 0 aliphatic carbocycles. The minimum absolute atomic E-state index is 0.0580. The second kappa shape index (κ2) is 5.87. The van der Waals surface area contributed by atoms with E-state index in [0.717, 1.165) is 10.4 Å². The molecule has 0 aliphatic rings. The van der Waals surface area contributed by atoms with Crippen molar-refractivity contribution in [3.8, 4) is 0 Å². The molecule has 0 bridgehead atoms. The maximum absolute atomic E-state index is 12.8. The number of sulfonamides is 1. The van der Waals surface area contributed by atoms with Crippen molar-refractivity contribution >= 4 is 15.9 Å². The Morgan fingerprint density at radius 3 is 2.67 bits per heavy atom. The number of aromatic nitrogens is 1. The third-order valence-electron chi connectivity index (χ3n) is 2.15.